The first-order chi connectivity index (χ1) is 8.00. The minimum absolute atomic E-state index is 0.136. The van der Waals surface area contributed by atoms with Crippen LogP contribution in [-0.2, 0) is 4.79 Å². The fraction of sp³-hybridized carbons (Fsp3) is 0.417. The number of carboxylic acid groups (broad SMARTS) is 1. The molecule has 17 heavy (non-hydrogen) atoms. The Labute approximate surface area is 98.7 Å². The predicted molar refractivity (Wildman–Crippen MR) is 61.0 cm³/mol. The molecular formula is C12H15NO4. The number of aliphatic carboxylic acids is 1. The minimum atomic E-state index is -0.837. The van der Waals surface area contributed by atoms with Crippen molar-refractivity contribution in [2.24, 2.45) is 5.92 Å². The van der Waals surface area contributed by atoms with E-state index < -0.39 is 11.9 Å². The van der Waals surface area contributed by atoms with Gasteiger partial charge in [0.15, 0.2) is 11.5 Å². The summed E-state index contributed by atoms with van der Waals surface area (Å²) in [5.74, 6) is -1.57. The molecule has 1 aliphatic rings. The SMILES string of the molecule is Cc1ccc(C2CC(C(=O)O)CN2)c(O)c1O. The van der Waals surface area contributed by atoms with Gasteiger partial charge in [-0.1, -0.05) is 12.1 Å². The molecule has 2 unspecified atom stereocenters. The smallest absolute Gasteiger partial charge is 0.307 e. The number of carboxylic acids is 1. The van der Waals surface area contributed by atoms with Crippen molar-refractivity contribution in [3.63, 3.8) is 0 Å². The third-order valence-electron chi connectivity index (χ3n) is 3.24. The largest absolute Gasteiger partial charge is 0.504 e. The summed E-state index contributed by atoms with van der Waals surface area (Å²) in [4.78, 5) is 10.8. The number of hydrogen-bond acceptors (Lipinski definition) is 4. The molecule has 1 aliphatic heterocycles. The van der Waals surface area contributed by atoms with Crippen LogP contribution < -0.4 is 5.32 Å². The third-order valence-corrected chi connectivity index (χ3v) is 3.24. The molecule has 5 nitrogen and oxygen atoms in total. The Morgan fingerprint density at radius 2 is 2.06 bits per heavy atom. The number of phenolic OH excluding ortho intramolecular Hbond substituents is 2. The van der Waals surface area contributed by atoms with Gasteiger partial charge < -0.3 is 20.6 Å². The second-order valence-electron chi connectivity index (χ2n) is 4.40. The highest BCUT2D eigenvalue weighted by molar-refractivity contribution is 5.71. The molecule has 1 saturated heterocycles. The summed E-state index contributed by atoms with van der Waals surface area (Å²) >= 11 is 0. The third kappa shape index (κ3) is 2.06. The Balaban J connectivity index is 2.25. The number of aromatic hydroxyl groups is 2. The van der Waals surface area contributed by atoms with E-state index in [2.05, 4.69) is 5.32 Å². The van der Waals surface area contributed by atoms with Crippen LogP contribution in [0.1, 0.15) is 23.6 Å². The molecule has 0 radical (unpaired) electrons. The van der Waals surface area contributed by atoms with Gasteiger partial charge in [0.25, 0.3) is 0 Å². The van der Waals surface area contributed by atoms with E-state index in [1.54, 1.807) is 19.1 Å². The van der Waals surface area contributed by atoms with E-state index >= 15 is 0 Å². The molecule has 0 saturated carbocycles. The summed E-state index contributed by atoms with van der Waals surface area (Å²) in [5, 5.41) is 31.4. The molecule has 0 aromatic heterocycles. The molecule has 1 aromatic carbocycles. The van der Waals surface area contributed by atoms with Crippen LogP contribution in [0, 0.1) is 12.8 Å². The lowest BCUT2D eigenvalue weighted by molar-refractivity contribution is -0.141. The predicted octanol–water partition coefficient (Wildman–Crippen LogP) is 1.14. The first-order valence-electron chi connectivity index (χ1n) is 5.48. The Hall–Kier alpha value is -1.75. The molecule has 2 rings (SSSR count). The molecular weight excluding hydrogens is 222 g/mol. The van der Waals surface area contributed by atoms with Gasteiger partial charge in [0.2, 0.25) is 0 Å². The molecule has 0 aliphatic carbocycles. The minimum Gasteiger partial charge on any atom is -0.504 e. The van der Waals surface area contributed by atoms with E-state index in [1.165, 1.54) is 0 Å². The van der Waals surface area contributed by atoms with E-state index in [0.29, 0.717) is 24.1 Å². The van der Waals surface area contributed by atoms with Gasteiger partial charge in [-0.15, -0.1) is 0 Å². The van der Waals surface area contributed by atoms with Crippen LogP contribution in [0.15, 0.2) is 12.1 Å². The van der Waals surface area contributed by atoms with Crippen molar-refractivity contribution < 1.29 is 20.1 Å². The topological polar surface area (TPSA) is 89.8 Å². The van der Waals surface area contributed by atoms with Crippen molar-refractivity contribution in [1.29, 1.82) is 0 Å². The molecule has 4 N–H and O–H groups in total. The summed E-state index contributed by atoms with van der Waals surface area (Å²) in [6.07, 6.45) is 0.422. The Morgan fingerprint density at radius 3 is 2.65 bits per heavy atom. The molecule has 2 atom stereocenters. The van der Waals surface area contributed by atoms with E-state index in [-0.39, 0.29) is 17.5 Å². The van der Waals surface area contributed by atoms with Crippen LogP contribution in [0.5, 0.6) is 11.5 Å². The van der Waals surface area contributed by atoms with Crippen LogP contribution in [0.2, 0.25) is 0 Å². The van der Waals surface area contributed by atoms with Crippen molar-refractivity contribution in [2.45, 2.75) is 19.4 Å². The zero-order valence-electron chi connectivity index (χ0n) is 9.47. The van der Waals surface area contributed by atoms with Gasteiger partial charge in [-0.25, -0.2) is 0 Å². The van der Waals surface area contributed by atoms with Crippen molar-refractivity contribution in [1.82, 2.24) is 5.32 Å². The van der Waals surface area contributed by atoms with E-state index in [9.17, 15) is 15.0 Å². The van der Waals surface area contributed by atoms with Gasteiger partial charge in [-0.2, -0.15) is 0 Å². The zero-order chi connectivity index (χ0) is 12.6. The van der Waals surface area contributed by atoms with Crippen molar-refractivity contribution in [3.05, 3.63) is 23.3 Å². The fourth-order valence-electron chi connectivity index (χ4n) is 2.14. The lowest BCUT2D eigenvalue weighted by Gasteiger charge is -2.14. The van der Waals surface area contributed by atoms with Gasteiger partial charge in [0.1, 0.15) is 0 Å². The lowest BCUT2D eigenvalue weighted by Crippen LogP contribution is -2.17. The van der Waals surface area contributed by atoms with Crippen LogP contribution in [0.3, 0.4) is 0 Å². The van der Waals surface area contributed by atoms with Gasteiger partial charge in [-0.3, -0.25) is 4.79 Å². The molecule has 5 heteroatoms. The van der Waals surface area contributed by atoms with Crippen LogP contribution >= 0.6 is 0 Å². The van der Waals surface area contributed by atoms with Crippen LogP contribution in [0.4, 0.5) is 0 Å². The highest BCUT2D eigenvalue weighted by atomic mass is 16.4. The van der Waals surface area contributed by atoms with Crippen molar-refractivity contribution in [2.75, 3.05) is 6.54 Å². The number of rotatable bonds is 2. The van der Waals surface area contributed by atoms with Gasteiger partial charge in [-0.05, 0) is 18.9 Å². The Bertz CT molecular complexity index is 458. The van der Waals surface area contributed by atoms with E-state index in [0.717, 1.165) is 0 Å². The lowest BCUT2D eigenvalue weighted by atomic mass is 9.98. The standard InChI is InChI=1S/C12H15NO4/c1-6-2-3-8(11(15)10(6)14)9-4-7(5-13-9)12(16)17/h2-3,7,9,13-15H,4-5H2,1H3,(H,16,17). The molecule has 1 fully saturated rings. The number of aryl methyl sites for hydroxylation is 1. The number of benzene rings is 1. The molecule has 0 bridgehead atoms. The van der Waals surface area contributed by atoms with Crippen molar-refractivity contribution in [3.8, 4) is 11.5 Å². The second kappa shape index (κ2) is 4.25. The number of hydrogen-bond donors (Lipinski definition) is 4. The quantitative estimate of drug-likeness (QED) is 0.579. The van der Waals surface area contributed by atoms with Gasteiger partial charge >= 0.3 is 5.97 Å². The average molecular weight is 237 g/mol. The molecule has 1 heterocycles. The summed E-state index contributed by atoms with van der Waals surface area (Å²) in [7, 11) is 0. The number of carbonyl (C=O) groups is 1. The normalized spacial score (nSPS) is 23.8. The number of nitrogens with one attached hydrogen (secondary N) is 1. The molecule has 0 amide bonds. The van der Waals surface area contributed by atoms with E-state index in [1.807, 2.05) is 0 Å². The maximum absolute atomic E-state index is 10.8. The first kappa shape index (κ1) is 11.7. The Kier molecular flexibility index (Phi) is 2.93. The van der Waals surface area contributed by atoms with Crippen LogP contribution in [0.25, 0.3) is 0 Å². The zero-order valence-corrected chi connectivity index (χ0v) is 9.47. The van der Waals surface area contributed by atoms with Crippen LogP contribution in [-0.4, -0.2) is 27.8 Å². The number of phenols is 2. The highest BCUT2D eigenvalue weighted by Crippen LogP contribution is 2.39. The maximum Gasteiger partial charge on any atom is 0.307 e. The summed E-state index contributed by atoms with van der Waals surface area (Å²) in [5.41, 5.74) is 1.15. The highest BCUT2D eigenvalue weighted by Gasteiger charge is 2.32. The average Bonchev–Trinajstić information content (AvgIpc) is 2.75. The Morgan fingerprint density at radius 1 is 1.35 bits per heavy atom. The molecule has 92 valence electrons. The summed E-state index contributed by atoms with van der Waals surface area (Å²) < 4.78 is 0. The van der Waals surface area contributed by atoms with Crippen molar-refractivity contribution >= 4 is 5.97 Å². The second-order valence-corrected chi connectivity index (χ2v) is 4.40. The molecule has 1 aromatic rings. The fourth-order valence-corrected chi connectivity index (χ4v) is 2.14. The van der Waals surface area contributed by atoms with Gasteiger partial charge in [0.05, 0.1) is 5.92 Å². The summed E-state index contributed by atoms with van der Waals surface area (Å²) in [6.45, 7) is 2.08. The summed E-state index contributed by atoms with van der Waals surface area (Å²) in [6, 6.07) is 3.20. The monoisotopic (exact) mass is 237 g/mol. The van der Waals surface area contributed by atoms with Gasteiger partial charge in [0, 0.05) is 18.2 Å². The molecule has 0 spiro atoms. The maximum atomic E-state index is 10.8. The van der Waals surface area contributed by atoms with E-state index in [4.69, 9.17) is 5.11 Å². The first-order valence-corrected chi connectivity index (χ1v) is 5.48.